The zero-order valence-corrected chi connectivity index (χ0v) is 26.4. The highest BCUT2D eigenvalue weighted by atomic mass is 16.6. The number of ether oxygens (including phenoxy) is 4. The van der Waals surface area contributed by atoms with Crippen LogP contribution in [0.25, 0.3) is 0 Å². The summed E-state index contributed by atoms with van der Waals surface area (Å²) in [6, 6.07) is 0. The number of carbonyl (C=O) groups excluding carboxylic acids is 4. The van der Waals surface area contributed by atoms with Crippen molar-refractivity contribution in [2.24, 2.45) is 11.3 Å². The molecule has 0 spiro atoms. The van der Waals surface area contributed by atoms with Crippen LogP contribution in [0.15, 0.2) is 0 Å². The summed E-state index contributed by atoms with van der Waals surface area (Å²) >= 11 is 0. The van der Waals surface area contributed by atoms with E-state index in [0.29, 0.717) is 25.7 Å². The predicted molar refractivity (Wildman–Crippen MR) is 152 cm³/mol. The van der Waals surface area contributed by atoms with E-state index in [1.54, 1.807) is 41.5 Å². The smallest absolute Gasteiger partial charge is 0.324 e. The van der Waals surface area contributed by atoms with E-state index in [1.165, 1.54) is 14.0 Å². The van der Waals surface area contributed by atoms with E-state index in [-0.39, 0.29) is 36.8 Å². The van der Waals surface area contributed by atoms with Crippen LogP contribution in [0.1, 0.15) is 139 Å². The second kappa shape index (κ2) is 17.5. The molecule has 0 aromatic rings. The second-order valence-corrected chi connectivity index (χ2v) is 12.7. The van der Waals surface area contributed by atoms with Crippen LogP contribution in [0, 0.1) is 11.3 Å². The summed E-state index contributed by atoms with van der Waals surface area (Å²) in [7, 11) is 1.38. The lowest BCUT2D eigenvalue weighted by atomic mass is 9.77. The van der Waals surface area contributed by atoms with Crippen molar-refractivity contribution < 1.29 is 38.1 Å². The zero-order valence-electron chi connectivity index (χ0n) is 26.4. The molecular weight excluding hydrogens is 500 g/mol. The SMILES string of the molecule is CCCCCC(CCCC(CCCCCC(C)C(=O)OC)(C(=O)OC(C)(C)C)C(=O)OC(C)(C)C)OC(C)=O. The van der Waals surface area contributed by atoms with Gasteiger partial charge in [0.15, 0.2) is 5.41 Å². The largest absolute Gasteiger partial charge is 0.469 e. The molecule has 0 rings (SSSR count). The first-order chi connectivity index (χ1) is 18.0. The molecular formula is C31H56O8. The molecule has 0 aliphatic rings. The van der Waals surface area contributed by atoms with E-state index in [9.17, 15) is 19.2 Å². The van der Waals surface area contributed by atoms with Gasteiger partial charge in [-0.1, -0.05) is 46.0 Å². The van der Waals surface area contributed by atoms with Gasteiger partial charge >= 0.3 is 23.9 Å². The van der Waals surface area contributed by atoms with Crippen molar-refractivity contribution in [3.63, 3.8) is 0 Å². The molecule has 0 N–H and O–H groups in total. The molecule has 39 heavy (non-hydrogen) atoms. The fourth-order valence-corrected chi connectivity index (χ4v) is 4.49. The van der Waals surface area contributed by atoms with Crippen molar-refractivity contribution >= 4 is 23.9 Å². The number of rotatable bonds is 18. The lowest BCUT2D eigenvalue weighted by molar-refractivity contribution is -0.187. The molecule has 0 heterocycles. The average molecular weight is 557 g/mol. The summed E-state index contributed by atoms with van der Waals surface area (Å²) < 4.78 is 21.9. The number of hydrogen-bond donors (Lipinski definition) is 0. The second-order valence-electron chi connectivity index (χ2n) is 12.7. The lowest BCUT2D eigenvalue weighted by Gasteiger charge is -2.35. The molecule has 2 unspecified atom stereocenters. The number of methoxy groups -OCH3 is 1. The van der Waals surface area contributed by atoms with E-state index in [4.69, 9.17) is 18.9 Å². The summed E-state index contributed by atoms with van der Waals surface area (Å²) in [4.78, 5) is 50.8. The summed E-state index contributed by atoms with van der Waals surface area (Å²) in [5.41, 5.74) is -3.03. The van der Waals surface area contributed by atoms with Gasteiger partial charge in [0.2, 0.25) is 0 Å². The van der Waals surface area contributed by atoms with Crippen molar-refractivity contribution in [1.29, 1.82) is 0 Å². The van der Waals surface area contributed by atoms with Crippen LogP contribution in [0.5, 0.6) is 0 Å². The maximum Gasteiger partial charge on any atom is 0.324 e. The third-order valence-electron chi connectivity index (χ3n) is 6.52. The predicted octanol–water partition coefficient (Wildman–Crippen LogP) is 7.10. The Morgan fingerprint density at radius 2 is 1.18 bits per heavy atom. The van der Waals surface area contributed by atoms with Gasteiger partial charge in [0, 0.05) is 6.92 Å². The third-order valence-corrected chi connectivity index (χ3v) is 6.52. The Morgan fingerprint density at radius 1 is 0.692 bits per heavy atom. The van der Waals surface area contributed by atoms with Gasteiger partial charge in [-0.15, -0.1) is 0 Å². The molecule has 0 aromatic carbocycles. The molecule has 0 saturated carbocycles. The van der Waals surface area contributed by atoms with Crippen LogP contribution in [-0.4, -0.2) is 48.3 Å². The summed E-state index contributed by atoms with van der Waals surface area (Å²) in [5, 5.41) is 0. The summed E-state index contributed by atoms with van der Waals surface area (Å²) in [5.74, 6) is -1.94. The van der Waals surface area contributed by atoms with E-state index < -0.39 is 28.6 Å². The molecule has 0 radical (unpaired) electrons. The van der Waals surface area contributed by atoms with Crippen LogP contribution < -0.4 is 0 Å². The number of hydrogen-bond acceptors (Lipinski definition) is 8. The fourth-order valence-electron chi connectivity index (χ4n) is 4.49. The van der Waals surface area contributed by atoms with Crippen LogP contribution in [0.4, 0.5) is 0 Å². The van der Waals surface area contributed by atoms with Crippen molar-refractivity contribution in [2.45, 2.75) is 157 Å². The van der Waals surface area contributed by atoms with Gasteiger partial charge in [-0.25, -0.2) is 0 Å². The van der Waals surface area contributed by atoms with Crippen molar-refractivity contribution in [3.8, 4) is 0 Å². The molecule has 8 heteroatoms. The molecule has 0 amide bonds. The van der Waals surface area contributed by atoms with Crippen molar-refractivity contribution in [1.82, 2.24) is 0 Å². The van der Waals surface area contributed by atoms with E-state index in [2.05, 4.69) is 6.92 Å². The summed E-state index contributed by atoms with van der Waals surface area (Å²) in [6.45, 7) is 16.0. The summed E-state index contributed by atoms with van der Waals surface area (Å²) in [6.07, 6.45) is 7.87. The van der Waals surface area contributed by atoms with Gasteiger partial charge in [-0.3, -0.25) is 19.2 Å². The average Bonchev–Trinajstić information content (AvgIpc) is 2.79. The molecule has 0 aliphatic heterocycles. The Kier molecular flexibility index (Phi) is 16.6. The maximum absolute atomic E-state index is 13.7. The maximum atomic E-state index is 13.7. The minimum atomic E-state index is -1.47. The highest BCUT2D eigenvalue weighted by molar-refractivity contribution is 6.00. The Labute approximate surface area is 237 Å². The Bertz CT molecular complexity index is 732. The molecule has 8 nitrogen and oxygen atoms in total. The van der Waals surface area contributed by atoms with E-state index in [0.717, 1.165) is 38.5 Å². The van der Waals surface area contributed by atoms with Crippen LogP contribution in [0.3, 0.4) is 0 Å². The molecule has 0 aliphatic carbocycles. The highest BCUT2D eigenvalue weighted by Crippen LogP contribution is 2.38. The van der Waals surface area contributed by atoms with Crippen LogP contribution in [-0.2, 0) is 38.1 Å². The Balaban J connectivity index is 5.86. The van der Waals surface area contributed by atoms with E-state index in [1.807, 2.05) is 6.92 Å². The van der Waals surface area contributed by atoms with E-state index >= 15 is 0 Å². The molecule has 0 saturated heterocycles. The first-order valence-corrected chi connectivity index (χ1v) is 14.7. The van der Waals surface area contributed by atoms with Crippen molar-refractivity contribution in [2.75, 3.05) is 7.11 Å². The topological polar surface area (TPSA) is 105 Å². The van der Waals surface area contributed by atoms with Gasteiger partial charge in [0.1, 0.15) is 17.3 Å². The van der Waals surface area contributed by atoms with Gasteiger partial charge in [-0.05, 0) is 86.5 Å². The molecule has 228 valence electrons. The normalized spacial score (nSPS) is 13.8. The van der Waals surface area contributed by atoms with Gasteiger partial charge in [0.05, 0.1) is 13.0 Å². The van der Waals surface area contributed by atoms with Crippen LogP contribution in [0.2, 0.25) is 0 Å². The van der Waals surface area contributed by atoms with Crippen molar-refractivity contribution in [3.05, 3.63) is 0 Å². The Morgan fingerprint density at radius 3 is 1.64 bits per heavy atom. The molecule has 0 bridgehead atoms. The lowest BCUT2D eigenvalue weighted by Crippen LogP contribution is -2.47. The molecule has 0 aromatic heterocycles. The number of esters is 4. The number of unbranched alkanes of at least 4 members (excludes halogenated alkanes) is 4. The minimum Gasteiger partial charge on any atom is -0.469 e. The van der Waals surface area contributed by atoms with Gasteiger partial charge in [0.25, 0.3) is 0 Å². The first-order valence-electron chi connectivity index (χ1n) is 14.7. The zero-order chi connectivity index (χ0) is 30.3. The molecule has 2 atom stereocenters. The standard InChI is InChI=1S/C31H56O8/c1-11-12-14-19-25(37-24(3)32)20-17-22-31(27(34)38-29(4,5)6,28(35)39-30(7,8)9)21-16-13-15-18-23(2)26(33)36-10/h23,25H,11-22H2,1-10H3. The number of carbonyl (C=O) groups is 4. The van der Waals surface area contributed by atoms with Gasteiger partial charge < -0.3 is 18.9 Å². The first kappa shape index (κ1) is 36.9. The monoisotopic (exact) mass is 556 g/mol. The highest BCUT2D eigenvalue weighted by Gasteiger charge is 2.50. The quantitative estimate of drug-likeness (QED) is 0.0762. The fraction of sp³-hybridized carbons (Fsp3) is 0.871. The van der Waals surface area contributed by atoms with Gasteiger partial charge in [-0.2, -0.15) is 0 Å². The van der Waals surface area contributed by atoms with Crippen LogP contribution >= 0.6 is 0 Å². The third kappa shape index (κ3) is 15.9. The Hall–Kier alpha value is -2.12. The molecule has 0 fully saturated rings. The minimum absolute atomic E-state index is 0.206.